The molecule has 0 aliphatic heterocycles. The molecule has 2 aromatic carbocycles. The summed E-state index contributed by atoms with van der Waals surface area (Å²) in [5.74, 6) is -0.312. The van der Waals surface area contributed by atoms with Crippen LogP contribution in [-0.4, -0.2) is 24.1 Å². The lowest BCUT2D eigenvalue weighted by molar-refractivity contribution is -0.137. The lowest BCUT2D eigenvalue weighted by Gasteiger charge is -2.25. The maximum atomic E-state index is 13.6. The third-order valence-corrected chi connectivity index (χ3v) is 4.84. The van der Waals surface area contributed by atoms with Crippen molar-refractivity contribution in [3.05, 3.63) is 71.7 Å². The maximum absolute atomic E-state index is 13.6. The van der Waals surface area contributed by atoms with Gasteiger partial charge < -0.3 is 9.80 Å². The van der Waals surface area contributed by atoms with Crippen molar-refractivity contribution < 1.29 is 17.6 Å². The second kappa shape index (κ2) is 8.30. The van der Waals surface area contributed by atoms with Crippen LogP contribution in [0, 0.1) is 5.82 Å². The third kappa shape index (κ3) is 4.53. The molecule has 0 atom stereocenters. The topological polar surface area (TPSA) is 32.3 Å². The van der Waals surface area contributed by atoms with Crippen LogP contribution in [0.25, 0.3) is 0 Å². The van der Waals surface area contributed by atoms with Gasteiger partial charge in [0.15, 0.2) is 5.82 Å². The number of anilines is 4. The van der Waals surface area contributed by atoms with Crippen LogP contribution in [0.4, 0.5) is 40.7 Å². The number of alkyl halides is 3. The van der Waals surface area contributed by atoms with Gasteiger partial charge in [-0.3, -0.25) is 0 Å². The fourth-order valence-corrected chi connectivity index (χ4v) is 2.97. The molecule has 0 fully saturated rings. The Hall–Kier alpha value is -3.16. The Balaban J connectivity index is 2.02. The van der Waals surface area contributed by atoms with E-state index in [1.165, 1.54) is 36.2 Å². The van der Waals surface area contributed by atoms with Gasteiger partial charge in [-0.15, -0.1) is 0 Å². The monoisotopic (exact) mass is 418 g/mol. The molecular weight excluding hydrogens is 396 g/mol. The van der Waals surface area contributed by atoms with E-state index in [9.17, 15) is 17.6 Å². The van der Waals surface area contributed by atoms with Crippen molar-refractivity contribution in [3.8, 4) is 0 Å². The summed E-state index contributed by atoms with van der Waals surface area (Å²) in [6, 6.07) is 12.8. The van der Waals surface area contributed by atoms with Crippen molar-refractivity contribution in [2.75, 3.05) is 23.9 Å². The Morgan fingerprint density at radius 1 is 0.833 bits per heavy atom. The predicted octanol–water partition coefficient (Wildman–Crippen LogP) is 6.29. The molecule has 0 bridgehead atoms. The van der Waals surface area contributed by atoms with Gasteiger partial charge in [-0.05, 0) is 47.9 Å². The molecule has 158 valence electrons. The quantitative estimate of drug-likeness (QED) is 0.456. The van der Waals surface area contributed by atoms with Gasteiger partial charge in [0.05, 0.1) is 0 Å². The van der Waals surface area contributed by atoms with Crippen LogP contribution in [0.2, 0.25) is 0 Å². The molecule has 3 aromatic rings. The van der Waals surface area contributed by atoms with E-state index in [2.05, 4.69) is 23.8 Å². The fraction of sp³-hybridized carbons (Fsp3) is 0.273. The summed E-state index contributed by atoms with van der Waals surface area (Å²) < 4.78 is 54.0. The first-order chi connectivity index (χ1) is 14.1. The number of hydrogen-bond donors (Lipinski definition) is 0. The van der Waals surface area contributed by atoms with Gasteiger partial charge in [-0.25, -0.2) is 9.37 Å². The fourth-order valence-electron chi connectivity index (χ4n) is 2.97. The zero-order chi connectivity index (χ0) is 22.1. The molecule has 8 heteroatoms. The zero-order valence-electron chi connectivity index (χ0n) is 17.1. The molecule has 3 rings (SSSR count). The van der Waals surface area contributed by atoms with Crippen molar-refractivity contribution in [2.45, 2.75) is 25.9 Å². The summed E-state index contributed by atoms with van der Waals surface area (Å²) in [7, 11) is 3.14. The average molecular weight is 418 g/mol. The standard InChI is InChI=1S/C22H22F4N4/c1-14(2)15-5-9-18(10-6-15)30(4)21-27-13-19(22(24,25)26)20(28-21)29(3)17-11-7-16(23)8-12-17/h5-14H,1-4H3. The highest BCUT2D eigenvalue weighted by Gasteiger charge is 2.37. The Bertz CT molecular complexity index is 999. The van der Waals surface area contributed by atoms with E-state index in [4.69, 9.17) is 0 Å². The minimum atomic E-state index is -4.64. The molecule has 0 unspecified atom stereocenters. The van der Waals surface area contributed by atoms with Crippen LogP contribution in [0.1, 0.15) is 30.9 Å². The largest absolute Gasteiger partial charge is 0.421 e. The molecule has 0 aliphatic rings. The van der Waals surface area contributed by atoms with E-state index in [1.807, 2.05) is 24.3 Å². The van der Waals surface area contributed by atoms with Crippen LogP contribution in [-0.2, 0) is 6.18 Å². The average Bonchev–Trinajstić information content (AvgIpc) is 2.72. The van der Waals surface area contributed by atoms with Gasteiger partial charge in [-0.1, -0.05) is 26.0 Å². The molecule has 1 heterocycles. The molecule has 0 amide bonds. The Labute approximate surface area is 172 Å². The molecule has 0 saturated carbocycles. The highest BCUT2D eigenvalue weighted by atomic mass is 19.4. The van der Waals surface area contributed by atoms with Crippen LogP contribution in [0.3, 0.4) is 0 Å². The smallest absolute Gasteiger partial charge is 0.329 e. The van der Waals surface area contributed by atoms with Crippen molar-refractivity contribution in [2.24, 2.45) is 0 Å². The van der Waals surface area contributed by atoms with Gasteiger partial charge in [-0.2, -0.15) is 18.2 Å². The molecule has 0 radical (unpaired) electrons. The zero-order valence-corrected chi connectivity index (χ0v) is 17.1. The maximum Gasteiger partial charge on any atom is 0.421 e. The first kappa shape index (κ1) is 21.5. The van der Waals surface area contributed by atoms with Gasteiger partial charge in [0.25, 0.3) is 0 Å². The highest BCUT2D eigenvalue weighted by Crippen LogP contribution is 2.38. The minimum Gasteiger partial charge on any atom is -0.329 e. The van der Waals surface area contributed by atoms with Crippen LogP contribution in [0.15, 0.2) is 54.7 Å². The number of nitrogens with zero attached hydrogens (tertiary/aromatic N) is 4. The number of rotatable bonds is 5. The van der Waals surface area contributed by atoms with Crippen molar-refractivity contribution in [3.63, 3.8) is 0 Å². The van der Waals surface area contributed by atoms with Crippen LogP contribution >= 0.6 is 0 Å². The van der Waals surface area contributed by atoms with Crippen molar-refractivity contribution >= 4 is 23.1 Å². The minimum absolute atomic E-state index is 0.115. The predicted molar refractivity (Wildman–Crippen MR) is 110 cm³/mol. The van der Waals surface area contributed by atoms with E-state index < -0.39 is 17.6 Å². The van der Waals surface area contributed by atoms with Gasteiger partial charge in [0.2, 0.25) is 5.95 Å². The van der Waals surface area contributed by atoms with E-state index in [1.54, 1.807) is 11.9 Å². The van der Waals surface area contributed by atoms with Crippen molar-refractivity contribution in [1.82, 2.24) is 9.97 Å². The summed E-state index contributed by atoms with van der Waals surface area (Å²) in [4.78, 5) is 11.0. The third-order valence-electron chi connectivity index (χ3n) is 4.84. The second-order valence-electron chi connectivity index (χ2n) is 7.25. The van der Waals surface area contributed by atoms with E-state index in [-0.39, 0.29) is 11.8 Å². The first-order valence-electron chi connectivity index (χ1n) is 9.35. The highest BCUT2D eigenvalue weighted by molar-refractivity contribution is 5.65. The normalized spacial score (nSPS) is 11.6. The molecule has 0 saturated heterocycles. The molecule has 1 aromatic heterocycles. The lowest BCUT2D eigenvalue weighted by atomic mass is 10.0. The molecule has 30 heavy (non-hydrogen) atoms. The number of benzene rings is 2. The van der Waals surface area contributed by atoms with Gasteiger partial charge in [0, 0.05) is 31.7 Å². The Kier molecular flexibility index (Phi) is 5.96. The molecule has 4 nitrogen and oxygen atoms in total. The summed E-state index contributed by atoms with van der Waals surface area (Å²) in [5.41, 5.74) is 1.30. The molecule has 0 N–H and O–H groups in total. The Morgan fingerprint density at radius 2 is 1.37 bits per heavy atom. The summed E-state index contributed by atoms with van der Waals surface area (Å²) in [5, 5.41) is 0. The van der Waals surface area contributed by atoms with E-state index >= 15 is 0 Å². The SMILES string of the molecule is CC(C)c1ccc(N(C)c2ncc(C(F)(F)F)c(N(C)c3ccc(F)cc3)n2)cc1. The molecule has 0 aliphatic carbocycles. The van der Waals surface area contributed by atoms with Gasteiger partial charge >= 0.3 is 6.18 Å². The number of halogens is 4. The summed E-state index contributed by atoms with van der Waals surface area (Å²) >= 11 is 0. The van der Waals surface area contributed by atoms with Crippen molar-refractivity contribution in [1.29, 1.82) is 0 Å². The Morgan fingerprint density at radius 3 is 1.90 bits per heavy atom. The van der Waals surface area contributed by atoms with E-state index in [0.29, 0.717) is 11.6 Å². The molecule has 0 spiro atoms. The van der Waals surface area contributed by atoms with Crippen LogP contribution in [0.5, 0.6) is 0 Å². The van der Waals surface area contributed by atoms with Crippen LogP contribution < -0.4 is 9.80 Å². The van der Waals surface area contributed by atoms with E-state index in [0.717, 1.165) is 17.4 Å². The number of aromatic nitrogens is 2. The molecular formula is C22H22F4N4. The number of hydrogen-bond acceptors (Lipinski definition) is 4. The van der Waals surface area contributed by atoms with Gasteiger partial charge in [0.1, 0.15) is 11.4 Å². The lowest BCUT2D eigenvalue weighted by Crippen LogP contribution is -2.21. The second-order valence-corrected chi connectivity index (χ2v) is 7.25. The summed E-state index contributed by atoms with van der Waals surface area (Å²) in [6.07, 6.45) is -3.86. The first-order valence-corrected chi connectivity index (χ1v) is 9.35. The summed E-state index contributed by atoms with van der Waals surface area (Å²) in [6.45, 7) is 4.16.